The molecule has 2 heterocycles. The molecule has 2 aliphatic rings. The third-order valence-corrected chi connectivity index (χ3v) is 5.62. The minimum atomic E-state index is -0.561. The number of aliphatic imine (C=N–C) groups is 1. The molecule has 1 atom stereocenters. The first-order chi connectivity index (χ1) is 14.7. The van der Waals surface area contributed by atoms with E-state index in [0.717, 1.165) is 23.1 Å². The maximum absolute atomic E-state index is 14.1. The Hall–Kier alpha value is -3.15. The predicted octanol–water partition coefficient (Wildman–Crippen LogP) is 5.53. The fraction of sp³-hybridized carbons (Fsp3) is 0.292. The number of ether oxygens (including phenoxy) is 1. The number of rotatable bonds is 6. The SMILES string of the molecule is Fc1cccc(F)c1C1=NC(c2ccc(-c3cnc(OCC4CC4)nc3)cc2)CC1. The molecule has 1 saturated carbocycles. The van der Waals surface area contributed by atoms with Crippen molar-refractivity contribution in [2.24, 2.45) is 10.9 Å². The molecule has 0 amide bonds. The van der Waals surface area contributed by atoms with Crippen LogP contribution in [-0.2, 0) is 0 Å². The lowest BCUT2D eigenvalue weighted by Gasteiger charge is -2.09. The van der Waals surface area contributed by atoms with Crippen LogP contribution in [-0.4, -0.2) is 22.3 Å². The highest BCUT2D eigenvalue weighted by atomic mass is 19.1. The summed E-state index contributed by atoms with van der Waals surface area (Å²) in [6.07, 6.45) is 7.27. The lowest BCUT2D eigenvalue weighted by molar-refractivity contribution is 0.276. The zero-order valence-electron chi connectivity index (χ0n) is 16.4. The van der Waals surface area contributed by atoms with E-state index in [0.29, 0.717) is 30.7 Å². The van der Waals surface area contributed by atoms with Crippen LogP contribution in [0.25, 0.3) is 11.1 Å². The first kappa shape index (κ1) is 18.9. The Morgan fingerprint density at radius 3 is 2.23 bits per heavy atom. The first-order valence-electron chi connectivity index (χ1n) is 10.2. The molecular weight excluding hydrogens is 384 g/mol. The van der Waals surface area contributed by atoms with Crippen LogP contribution >= 0.6 is 0 Å². The number of aromatic nitrogens is 2. The van der Waals surface area contributed by atoms with Gasteiger partial charge in [-0.15, -0.1) is 0 Å². The van der Waals surface area contributed by atoms with E-state index in [-0.39, 0.29) is 11.6 Å². The van der Waals surface area contributed by atoms with Gasteiger partial charge in [0.15, 0.2) is 0 Å². The van der Waals surface area contributed by atoms with Gasteiger partial charge in [-0.3, -0.25) is 4.99 Å². The first-order valence-corrected chi connectivity index (χ1v) is 10.2. The van der Waals surface area contributed by atoms with Gasteiger partial charge < -0.3 is 4.74 Å². The Balaban J connectivity index is 1.30. The van der Waals surface area contributed by atoms with Crippen LogP contribution in [0.4, 0.5) is 8.78 Å². The highest BCUT2D eigenvalue weighted by Gasteiger charge is 2.24. The second-order valence-corrected chi connectivity index (χ2v) is 7.86. The Morgan fingerprint density at radius 2 is 1.57 bits per heavy atom. The highest BCUT2D eigenvalue weighted by molar-refractivity contribution is 6.02. The summed E-state index contributed by atoms with van der Waals surface area (Å²) in [4.78, 5) is 13.2. The summed E-state index contributed by atoms with van der Waals surface area (Å²) in [5.41, 5.74) is 3.42. The third-order valence-electron chi connectivity index (χ3n) is 5.62. The van der Waals surface area contributed by atoms with Gasteiger partial charge in [-0.25, -0.2) is 18.7 Å². The van der Waals surface area contributed by atoms with Gasteiger partial charge in [0.1, 0.15) is 11.6 Å². The Kier molecular flexibility index (Phi) is 4.99. The van der Waals surface area contributed by atoms with E-state index < -0.39 is 11.6 Å². The maximum atomic E-state index is 14.1. The number of benzene rings is 2. The summed E-state index contributed by atoms with van der Waals surface area (Å²) in [5.74, 6) is -0.460. The van der Waals surface area contributed by atoms with Gasteiger partial charge in [-0.05, 0) is 54.9 Å². The van der Waals surface area contributed by atoms with Crippen molar-refractivity contribution in [1.82, 2.24) is 9.97 Å². The van der Waals surface area contributed by atoms with Crippen molar-refractivity contribution in [2.75, 3.05) is 6.61 Å². The van der Waals surface area contributed by atoms with Crippen LogP contribution < -0.4 is 4.74 Å². The molecule has 0 spiro atoms. The smallest absolute Gasteiger partial charge is 0.316 e. The van der Waals surface area contributed by atoms with E-state index in [9.17, 15) is 8.78 Å². The molecule has 0 saturated heterocycles. The average molecular weight is 405 g/mol. The Labute approximate surface area is 173 Å². The summed E-state index contributed by atoms with van der Waals surface area (Å²) in [5, 5.41) is 0. The third kappa shape index (κ3) is 3.95. The quantitative estimate of drug-likeness (QED) is 0.541. The molecule has 5 rings (SSSR count). The van der Waals surface area contributed by atoms with Crippen LogP contribution in [0.15, 0.2) is 59.9 Å². The van der Waals surface area contributed by atoms with E-state index >= 15 is 0 Å². The number of hydrogen-bond acceptors (Lipinski definition) is 4. The standard InChI is InChI=1S/C24H21F2N3O/c25-19-2-1-3-20(26)23(19)22-11-10-21(29-22)17-8-6-16(7-9-17)18-12-27-24(28-13-18)30-14-15-4-5-15/h1-3,6-9,12-13,15,21H,4-5,10-11,14H2. The summed E-state index contributed by atoms with van der Waals surface area (Å²) < 4.78 is 33.7. The molecular formula is C24H21F2N3O. The Bertz CT molecular complexity index is 1060. The molecule has 0 bridgehead atoms. The van der Waals surface area contributed by atoms with E-state index in [1.165, 1.54) is 31.0 Å². The molecule has 1 unspecified atom stereocenters. The molecule has 1 aliphatic heterocycles. The molecule has 4 nitrogen and oxygen atoms in total. The van der Waals surface area contributed by atoms with Crippen LogP contribution in [0.3, 0.4) is 0 Å². The van der Waals surface area contributed by atoms with Crippen LogP contribution in [0.5, 0.6) is 6.01 Å². The molecule has 152 valence electrons. The van der Waals surface area contributed by atoms with Gasteiger partial charge >= 0.3 is 6.01 Å². The number of nitrogens with zero attached hydrogens (tertiary/aromatic N) is 3. The van der Waals surface area contributed by atoms with Crippen molar-refractivity contribution < 1.29 is 13.5 Å². The normalized spacial score (nSPS) is 18.3. The lowest BCUT2D eigenvalue weighted by Crippen LogP contribution is -2.03. The van der Waals surface area contributed by atoms with Gasteiger partial charge in [0.25, 0.3) is 0 Å². The molecule has 30 heavy (non-hydrogen) atoms. The fourth-order valence-electron chi connectivity index (χ4n) is 3.71. The predicted molar refractivity (Wildman–Crippen MR) is 111 cm³/mol. The van der Waals surface area contributed by atoms with Crippen LogP contribution in [0.1, 0.15) is 42.9 Å². The van der Waals surface area contributed by atoms with Crippen molar-refractivity contribution in [3.8, 4) is 17.1 Å². The van der Waals surface area contributed by atoms with Crippen molar-refractivity contribution in [3.63, 3.8) is 0 Å². The fourth-order valence-corrected chi connectivity index (χ4v) is 3.71. The van der Waals surface area contributed by atoms with Crippen molar-refractivity contribution >= 4 is 5.71 Å². The molecule has 1 fully saturated rings. The second kappa shape index (κ2) is 7.94. The average Bonchev–Trinajstić information content (AvgIpc) is 3.48. The topological polar surface area (TPSA) is 47.4 Å². The Morgan fingerprint density at radius 1 is 0.867 bits per heavy atom. The summed E-state index contributed by atoms with van der Waals surface area (Å²) >= 11 is 0. The van der Waals surface area contributed by atoms with E-state index in [4.69, 9.17) is 4.74 Å². The summed E-state index contributed by atoms with van der Waals surface area (Å²) in [7, 11) is 0. The van der Waals surface area contributed by atoms with E-state index in [1.54, 1.807) is 12.4 Å². The van der Waals surface area contributed by atoms with Crippen LogP contribution in [0.2, 0.25) is 0 Å². The van der Waals surface area contributed by atoms with Gasteiger partial charge in [-0.1, -0.05) is 30.3 Å². The maximum Gasteiger partial charge on any atom is 0.316 e. The molecule has 1 aromatic heterocycles. The largest absolute Gasteiger partial charge is 0.463 e. The van der Waals surface area contributed by atoms with Crippen molar-refractivity contribution in [2.45, 2.75) is 31.7 Å². The van der Waals surface area contributed by atoms with Gasteiger partial charge in [0.2, 0.25) is 0 Å². The number of halogens is 2. The van der Waals surface area contributed by atoms with Gasteiger partial charge in [0.05, 0.1) is 18.2 Å². The van der Waals surface area contributed by atoms with Gasteiger partial charge in [0, 0.05) is 23.7 Å². The highest BCUT2D eigenvalue weighted by Crippen LogP contribution is 2.33. The molecule has 0 radical (unpaired) electrons. The molecule has 6 heteroatoms. The van der Waals surface area contributed by atoms with Gasteiger partial charge in [-0.2, -0.15) is 0 Å². The van der Waals surface area contributed by atoms with E-state index in [1.807, 2.05) is 24.3 Å². The monoisotopic (exact) mass is 405 g/mol. The minimum absolute atomic E-state index is 0.00207. The lowest BCUT2D eigenvalue weighted by atomic mass is 10.0. The van der Waals surface area contributed by atoms with Crippen LogP contribution in [0, 0.1) is 17.6 Å². The number of hydrogen-bond donors (Lipinski definition) is 0. The zero-order valence-corrected chi connectivity index (χ0v) is 16.4. The second-order valence-electron chi connectivity index (χ2n) is 7.86. The van der Waals surface area contributed by atoms with Crippen molar-refractivity contribution in [1.29, 1.82) is 0 Å². The minimum Gasteiger partial charge on any atom is -0.463 e. The zero-order chi connectivity index (χ0) is 20.5. The van der Waals surface area contributed by atoms with Crippen molar-refractivity contribution in [3.05, 3.63) is 77.6 Å². The summed E-state index contributed by atoms with van der Waals surface area (Å²) in [6.45, 7) is 0.689. The molecule has 1 aliphatic carbocycles. The summed E-state index contributed by atoms with van der Waals surface area (Å²) in [6, 6.07) is 12.2. The van der Waals surface area contributed by atoms with E-state index in [2.05, 4.69) is 15.0 Å². The molecule has 3 aromatic rings. The molecule has 2 aromatic carbocycles. The molecule has 0 N–H and O–H groups in total.